The third kappa shape index (κ3) is 4.15. The van der Waals surface area contributed by atoms with Crippen LogP contribution in [-0.4, -0.2) is 43.5 Å². The molecule has 0 spiro atoms. The highest BCUT2D eigenvalue weighted by atomic mass is 32.1. The number of benzene rings is 1. The Morgan fingerprint density at radius 3 is 2.52 bits per heavy atom. The quantitative estimate of drug-likeness (QED) is 0.877. The van der Waals surface area contributed by atoms with Gasteiger partial charge in [-0.25, -0.2) is 0 Å². The minimum Gasteiger partial charge on any atom is -0.369 e. The predicted octanol–water partition coefficient (Wildman–Crippen LogP) is 3.61. The van der Waals surface area contributed by atoms with Crippen LogP contribution >= 0.6 is 11.3 Å². The molecule has 1 aromatic heterocycles. The Labute approximate surface area is 165 Å². The van der Waals surface area contributed by atoms with Crippen LogP contribution in [0.2, 0.25) is 0 Å². The van der Waals surface area contributed by atoms with Crippen molar-refractivity contribution in [3.05, 3.63) is 45.3 Å². The Bertz CT molecular complexity index is 888. The largest absolute Gasteiger partial charge is 0.369 e. The summed E-state index contributed by atoms with van der Waals surface area (Å²) in [6.45, 7) is 12.1. The Morgan fingerprint density at radius 1 is 1.15 bits per heavy atom. The predicted molar refractivity (Wildman–Crippen MR) is 112 cm³/mol. The zero-order valence-corrected chi connectivity index (χ0v) is 17.2. The van der Waals surface area contributed by atoms with Crippen molar-refractivity contribution in [1.29, 1.82) is 5.26 Å². The zero-order chi connectivity index (χ0) is 19.6. The van der Waals surface area contributed by atoms with Crippen molar-refractivity contribution >= 4 is 27.9 Å². The first kappa shape index (κ1) is 19.4. The molecular weight excluding hydrogens is 356 g/mol. The molecule has 2 heterocycles. The number of piperazine rings is 1. The lowest BCUT2D eigenvalue weighted by atomic mass is 10.1. The molecule has 1 amide bonds. The molecule has 0 aliphatic carbocycles. The molecule has 1 aliphatic rings. The average Bonchev–Trinajstić information content (AvgIpc) is 2.91. The number of anilines is 2. The van der Waals surface area contributed by atoms with E-state index in [1.807, 2.05) is 13.8 Å². The van der Waals surface area contributed by atoms with E-state index in [0.29, 0.717) is 17.1 Å². The molecule has 1 aliphatic heterocycles. The molecule has 0 radical (unpaired) electrons. The lowest BCUT2D eigenvalue weighted by Crippen LogP contribution is -2.48. The molecule has 0 bridgehead atoms. The number of nitrogens with zero attached hydrogens (tertiary/aromatic N) is 3. The van der Waals surface area contributed by atoms with Gasteiger partial charge in [0.25, 0.3) is 0 Å². The summed E-state index contributed by atoms with van der Waals surface area (Å²) in [6.07, 6.45) is 0. The molecular formula is C21H26N4OS. The van der Waals surface area contributed by atoms with E-state index in [2.05, 4.69) is 53.2 Å². The molecule has 27 heavy (non-hydrogen) atoms. The van der Waals surface area contributed by atoms with Crippen LogP contribution in [0.4, 0.5) is 10.7 Å². The molecule has 0 saturated carbocycles. The summed E-state index contributed by atoms with van der Waals surface area (Å²) < 4.78 is 0. The molecule has 0 atom stereocenters. The molecule has 2 aromatic rings. The Balaban J connectivity index is 1.56. The van der Waals surface area contributed by atoms with E-state index in [4.69, 9.17) is 0 Å². The van der Waals surface area contributed by atoms with Gasteiger partial charge in [0, 0.05) is 36.7 Å². The summed E-state index contributed by atoms with van der Waals surface area (Å²) >= 11 is 1.48. The first-order valence-corrected chi connectivity index (χ1v) is 10.1. The van der Waals surface area contributed by atoms with E-state index in [1.54, 1.807) is 0 Å². The summed E-state index contributed by atoms with van der Waals surface area (Å²) in [5, 5.41) is 12.9. The van der Waals surface area contributed by atoms with Crippen molar-refractivity contribution in [1.82, 2.24) is 4.90 Å². The first-order valence-electron chi connectivity index (χ1n) is 9.24. The number of carbonyl (C=O) groups excluding carboxylic acids is 1. The summed E-state index contributed by atoms with van der Waals surface area (Å²) in [6, 6.07) is 8.63. The van der Waals surface area contributed by atoms with Gasteiger partial charge in [0.05, 0.1) is 12.1 Å². The van der Waals surface area contributed by atoms with Crippen molar-refractivity contribution in [3.8, 4) is 6.07 Å². The fraction of sp³-hybridized carbons (Fsp3) is 0.429. The van der Waals surface area contributed by atoms with Gasteiger partial charge in [-0.2, -0.15) is 5.26 Å². The third-order valence-electron chi connectivity index (χ3n) is 5.41. The maximum absolute atomic E-state index is 12.5. The van der Waals surface area contributed by atoms with E-state index >= 15 is 0 Å². The molecule has 1 fully saturated rings. The summed E-state index contributed by atoms with van der Waals surface area (Å²) in [4.78, 5) is 18.1. The fourth-order valence-electron chi connectivity index (χ4n) is 3.44. The van der Waals surface area contributed by atoms with Crippen LogP contribution in [0.15, 0.2) is 18.2 Å². The topological polar surface area (TPSA) is 59.4 Å². The molecule has 1 aromatic carbocycles. The second kappa shape index (κ2) is 8.12. The van der Waals surface area contributed by atoms with E-state index in [0.717, 1.165) is 36.6 Å². The molecule has 3 rings (SSSR count). The number of amides is 1. The Kier molecular flexibility index (Phi) is 5.83. The maximum Gasteiger partial charge on any atom is 0.239 e. The standard InChI is InChI=1S/C21H26N4OS/c1-14-6-5-7-19(15(14)2)25-10-8-24(9-11-25)13-20(26)23-21-18(12-22)16(3)17(4)27-21/h5-7H,8-11,13H2,1-4H3,(H,23,26). The van der Waals surface area contributed by atoms with Gasteiger partial charge in [-0.1, -0.05) is 12.1 Å². The van der Waals surface area contributed by atoms with E-state index in [-0.39, 0.29) is 5.91 Å². The van der Waals surface area contributed by atoms with Crippen LogP contribution in [0.5, 0.6) is 0 Å². The van der Waals surface area contributed by atoms with E-state index in [9.17, 15) is 10.1 Å². The summed E-state index contributed by atoms with van der Waals surface area (Å²) in [7, 11) is 0. The van der Waals surface area contributed by atoms with Crippen LogP contribution in [0.25, 0.3) is 0 Å². The molecule has 5 nitrogen and oxygen atoms in total. The highest BCUT2D eigenvalue weighted by Gasteiger charge is 2.21. The molecule has 142 valence electrons. The zero-order valence-electron chi connectivity index (χ0n) is 16.4. The lowest BCUT2D eigenvalue weighted by molar-refractivity contribution is -0.117. The number of aryl methyl sites for hydroxylation is 2. The van der Waals surface area contributed by atoms with Crippen molar-refractivity contribution in [2.45, 2.75) is 27.7 Å². The fourth-order valence-corrected chi connectivity index (χ4v) is 4.47. The number of thiophene rings is 1. The van der Waals surface area contributed by atoms with Gasteiger partial charge in [0.1, 0.15) is 11.1 Å². The number of nitriles is 1. The lowest BCUT2D eigenvalue weighted by Gasteiger charge is -2.36. The van der Waals surface area contributed by atoms with E-state index in [1.165, 1.54) is 28.2 Å². The maximum atomic E-state index is 12.5. The molecule has 1 saturated heterocycles. The molecule has 6 heteroatoms. The SMILES string of the molecule is Cc1cccc(N2CCN(CC(=O)Nc3sc(C)c(C)c3C#N)CC2)c1C. The second-order valence-electron chi connectivity index (χ2n) is 7.13. The van der Waals surface area contributed by atoms with Crippen molar-refractivity contribution in [2.75, 3.05) is 42.9 Å². The molecule has 0 unspecified atom stereocenters. The summed E-state index contributed by atoms with van der Waals surface area (Å²) in [5.41, 5.74) is 5.48. The number of nitrogens with one attached hydrogen (secondary N) is 1. The van der Waals surface area contributed by atoms with Gasteiger partial charge in [0.2, 0.25) is 5.91 Å². The van der Waals surface area contributed by atoms with Crippen molar-refractivity contribution < 1.29 is 4.79 Å². The van der Waals surface area contributed by atoms with Crippen molar-refractivity contribution in [2.24, 2.45) is 0 Å². The van der Waals surface area contributed by atoms with Gasteiger partial charge in [0.15, 0.2) is 0 Å². The highest BCUT2D eigenvalue weighted by Crippen LogP contribution is 2.31. The number of carbonyl (C=O) groups is 1. The van der Waals surface area contributed by atoms with Gasteiger partial charge >= 0.3 is 0 Å². The van der Waals surface area contributed by atoms with Crippen LogP contribution in [0, 0.1) is 39.0 Å². The van der Waals surface area contributed by atoms with Crippen molar-refractivity contribution in [3.63, 3.8) is 0 Å². The normalized spacial score (nSPS) is 14.9. The monoisotopic (exact) mass is 382 g/mol. The smallest absolute Gasteiger partial charge is 0.239 e. The van der Waals surface area contributed by atoms with Gasteiger partial charge < -0.3 is 10.2 Å². The Hall–Kier alpha value is -2.36. The second-order valence-corrected chi connectivity index (χ2v) is 8.35. The first-order chi connectivity index (χ1) is 12.9. The Morgan fingerprint density at radius 2 is 1.85 bits per heavy atom. The summed E-state index contributed by atoms with van der Waals surface area (Å²) in [5.74, 6) is -0.0482. The number of hydrogen-bond acceptors (Lipinski definition) is 5. The van der Waals surface area contributed by atoms with Gasteiger partial charge in [-0.05, 0) is 50.5 Å². The van der Waals surface area contributed by atoms with Crippen LogP contribution in [-0.2, 0) is 4.79 Å². The van der Waals surface area contributed by atoms with Crippen LogP contribution < -0.4 is 10.2 Å². The number of hydrogen-bond donors (Lipinski definition) is 1. The van der Waals surface area contributed by atoms with Crippen LogP contribution in [0.3, 0.4) is 0 Å². The van der Waals surface area contributed by atoms with Crippen LogP contribution in [0.1, 0.15) is 27.1 Å². The van der Waals surface area contributed by atoms with E-state index < -0.39 is 0 Å². The third-order valence-corrected chi connectivity index (χ3v) is 6.53. The highest BCUT2D eigenvalue weighted by molar-refractivity contribution is 7.16. The molecule has 1 N–H and O–H groups in total. The van der Waals surface area contributed by atoms with Gasteiger partial charge in [-0.3, -0.25) is 9.69 Å². The number of rotatable bonds is 4. The average molecular weight is 383 g/mol. The minimum atomic E-state index is -0.0482. The van der Waals surface area contributed by atoms with Gasteiger partial charge in [-0.15, -0.1) is 11.3 Å². The minimum absolute atomic E-state index is 0.0482.